The minimum absolute atomic E-state index is 0.169. The predicted molar refractivity (Wildman–Crippen MR) is 89.4 cm³/mol. The summed E-state index contributed by atoms with van der Waals surface area (Å²) < 4.78 is 11.0. The fourth-order valence-electron chi connectivity index (χ4n) is 2.39. The largest absolute Gasteiger partial charge is 0.497 e. The Hall–Kier alpha value is -2.52. The summed E-state index contributed by atoms with van der Waals surface area (Å²) in [6.45, 7) is 0.435. The van der Waals surface area contributed by atoms with Gasteiger partial charge < -0.3 is 15.2 Å². The van der Waals surface area contributed by atoms with Gasteiger partial charge in [0.25, 0.3) is 0 Å². The van der Waals surface area contributed by atoms with Gasteiger partial charge in [0.1, 0.15) is 18.1 Å². The molecule has 0 bridgehead atoms. The van der Waals surface area contributed by atoms with Crippen molar-refractivity contribution in [2.75, 3.05) is 13.7 Å². The Bertz CT molecular complexity index is 753. The molecule has 1 unspecified atom stereocenters. The van der Waals surface area contributed by atoms with E-state index in [1.54, 1.807) is 7.11 Å². The van der Waals surface area contributed by atoms with Gasteiger partial charge in [-0.3, -0.25) is 0 Å². The number of rotatable bonds is 5. The average Bonchev–Trinajstić information content (AvgIpc) is 2.59. The van der Waals surface area contributed by atoms with Crippen LogP contribution in [0, 0.1) is 0 Å². The molecule has 2 N–H and O–H groups in total. The molecule has 0 aliphatic rings. The zero-order valence-electron chi connectivity index (χ0n) is 12.5. The van der Waals surface area contributed by atoms with Gasteiger partial charge in [0, 0.05) is 0 Å². The Morgan fingerprint density at radius 3 is 2.27 bits per heavy atom. The van der Waals surface area contributed by atoms with Crippen LogP contribution in [0.2, 0.25) is 0 Å². The van der Waals surface area contributed by atoms with Crippen LogP contribution in [0.4, 0.5) is 0 Å². The maximum absolute atomic E-state index is 6.18. The van der Waals surface area contributed by atoms with Gasteiger partial charge in [-0.25, -0.2) is 0 Å². The highest BCUT2D eigenvalue weighted by Gasteiger charge is 2.07. The van der Waals surface area contributed by atoms with Gasteiger partial charge in [-0.1, -0.05) is 42.5 Å². The fourth-order valence-corrected chi connectivity index (χ4v) is 2.39. The van der Waals surface area contributed by atoms with Crippen molar-refractivity contribution in [2.45, 2.75) is 6.04 Å². The molecule has 3 heteroatoms. The molecule has 22 heavy (non-hydrogen) atoms. The number of methoxy groups -OCH3 is 1. The zero-order valence-corrected chi connectivity index (χ0v) is 12.5. The lowest BCUT2D eigenvalue weighted by Gasteiger charge is -2.14. The van der Waals surface area contributed by atoms with Gasteiger partial charge in [-0.2, -0.15) is 0 Å². The quantitative estimate of drug-likeness (QED) is 0.775. The number of benzene rings is 3. The standard InChI is InChI=1S/C19H19NO2/c1-21-17-9-7-15(8-10-17)19(20)13-22-18-11-6-14-4-2-3-5-16(14)12-18/h2-12,19H,13,20H2,1H3. The molecule has 0 fully saturated rings. The second kappa shape index (κ2) is 6.50. The molecule has 112 valence electrons. The second-order valence-electron chi connectivity index (χ2n) is 5.20. The Morgan fingerprint density at radius 2 is 1.55 bits per heavy atom. The van der Waals surface area contributed by atoms with E-state index >= 15 is 0 Å². The molecule has 0 spiro atoms. The molecule has 3 aromatic carbocycles. The maximum Gasteiger partial charge on any atom is 0.120 e. The molecule has 1 atom stereocenters. The fraction of sp³-hybridized carbons (Fsp3) is 0.158. The van der Waals surface area contributed by atoms with Crippen molar-refractivity contribution in [3.63, 3.8) is 0 Å². The highest BCUT2D eigenvalue weighted by molar-refractivity contribution is 5.83. The second-order valence-corrected chi connectivity index (χ2v) is 5.20. The molecule has 0 heterocycles. The van der Waals surface area contributed by atoms with Gasteiger partial charge in [-0.15, -0.1) is 0 Å². The van der Waals surface area contributed by atoms with Gasteiger partial charge in [-0.05, 0) is 40.6 Å². The van der Waals surface area contributed by atoms with Crippen LogP contribution in [0.15, 0.2) is 66.7 Å². The van der Waals surface area contributed by atoms with Crippen molar-refractivity contribution >= 4 is 10.8 Å². The molecule has 3 nitrogen and oxygen atoms in total. The number of ether oxygens (including phenoxy) is 2. The Kier molecular flexibility index (Phi) is 4.26. The van der Waals surface area contributed by atoms with E-state index in [4.69, 9.17) is 15.2 Å². The summed E-state index contributed by atoms with van der Waals surface area (Å²) in [6, 6.07) is 21.9. The van der Waals surface area contributed by atoms with Crippen LogP contribution in [0.1, 0.15) is 11.6 Å². The molecule has 0 radical (unpaired) electrons. The van der Waals surface area contributed by atoms with E-state index in [1.165, 1.54) is 5.39 Å². The van der Waals surface area contributed by atoms with Gasteiger partial charge in [0.2, 0.25) is 0 Å². The molecule has 0 saturated heterocycles. The summed E-state index contributed by atoms with van der Waals surface area (Å²) >= 11 is 0. The summed E-state index contributed by atoms with van der Waals surface area (Å²) in [5, 5.41) is 2.37. The number of nitrogens with two attached hydrogens (primary N) is 1. The monoisotopic (exact) mass is 293 g/mol. The third-order valence-electron chi connectivity index (χ3n) is 3.69. The smallest absolute Gasteiger partial charge is 0.120 e. The SMILES string of the molecule is COc1ccc(C(N)COc2ccc3ccccc3c2)cc1. The lowest BCUT2D eigenvalue weighted by atomic mass is 10.1. The van der Waals surface area contributed by atoms with Crippen LogP contribution in [-0.4, -0.2) is 13.7 Å². The minimum atomic E-state index is -0.169. The van der Waals surface area contributed by atoms with Crippen molar-refractivity contribution < 1.29 is 9.47 Å². The lowest BCUT2D eigenvalue weighted by molar-refractivity contribution is 0.291. The predicted octanol–water partition coefficient (Wildman–Crippen LogP) is 3.93. The van der Waals surface area contributed by atoms with Gasteiger partial charge in [0.05, 0.1) is 13.2 Å². The van der Waals surface area contributed by atoms with Crippen LogP contribution in [-0.2, 0) is 0 Å². The van der Waals surface area contributed by atoms with E-state index in [9.17, 15) is 0 Å². The van der Waals surface area contributed by atoms with Crippen molar-refractivity contribution in [1.29, 1.82) is 0 Å². The van der Waals surface area contributed by atoms with Crippen LogP contribution < -0.4 is 15.2 Å². The molecule has 3 rings (SSSR count). The van der Waals surface area contributed by atoms with E-state index in [2.05, 4.69) is 18.2 Å². The van der Waals surface area contributed by atoms with E-state index in [0.717, 1.165) is 22.4 Å². The van der Waals surface area contributed by atoms with Crippen LogP contribution in [0.25, 0.3) is 10.8 Å². The molecular formula is C19H19NO2. The molecule has 0 aliphatic heterocycles. The minimum Gasteiger partial charge on any atom is -0.497 e. The van der Waals surface area contributed by atoms with Crippen molar-refractivity contribution in [3.8, 4) is 11.5 Å². The number of hydrogen-bond acceptors (Lipinski definition) is 3. The Morgan fingerprint density at radius 1 is 0.864 bits per heavy atom. The lowest BCUT2D eigenvalue weighted by Crippen LogP contribution is -2.18. The van der Waals surface area contributed by atoms with Crippen molar-refractivity contribution in [3.05, 3.63) is 72.3 Å². The van der Waals surface area contributed by atoms with Crippen LogP contribution in [0.3, 0.4) is 0 Å². The molecule has 0 saturated carbocycles. The topological polar surface area (TPSA) is 44.5 Å². The Balaban J connectivity index is 1.67. The third-order valence-corrected chi connectivity index (χ3v) is 3.69. The summed E-state index contributed by atoms with van der Waals surface area (Å²) in [7, 11) is 1.65. The molecule has 3 aromatic rings. The first kappa shape index (κ1) is 14.4. The van der Waals surface area contributed by atoms with Crippen molar-refractivity contribution in [2.24, 2.45) is 5.73 Å². The molecule has 0 amide bonds. The molecular weight excluding hydrogens is 274 g/mol. The summed E-state index contributed by atoms with van der Waals surface area (Å²) in [5.74, 6) is 1.66. The van der Waals surface area contributed by atoms with E-state index in [1.807, 2.05) is 48.5 Å². The molecule has 0 aromatic heterocycles. The van der Waals surface area contributed by atoms with Crippen LogP contribution in [0.5, 0.6) is 11.5 Å². The number of hydrogen-bond donors (Lipinski definition) is 1. The Labute approximate surface area is 130 Å². The summed E-state index contributed by atoms with van der Waals surface area (Å²) in [4.78, 5) is 0. The average molecular weight is 293 g/mol. The summed E-state index contributed by atoms with van der Waals surface area (Å²) in [5.41, 5.74) is 7.21. The first-order valence-corrected chi connectivity index (χ1v) is 7.27. The van der Waals surface area contributed by atoms with E-state index in [0.29, 0.717) is 6.61 Å². The number of fused-ring (bicyclic) bond motifs is 1. The maximum atomic E-state index is 6.18. The zero-order chi connectivity index (χ0) is 15.4. The summed E-state index contributed by atoms with van der Waals surface area (Å²) in [6.07, 6.45) is 0. The molecule has 0 aliphatic carbocycles. The normalized spacial score (nSPS) is 12.1. The van der Waals surface area contributed by atoms with E-state index < -0.39 is 0 Å². The first-order valence-electron chi connectivity index (χ1n) is 7.27. The van der Waals surface area contributed by atoms with Gasteiger partial charge >= 0.3 is 0 Å². The van der Waals surface area contributed by atoms with E-state index in [-0.39, 0.29) is 6.04 Å². The van der Waals surface area contributed by atoms with Crippen molar-refractivity contribution in [1.82, 2.24) is 0 Å². The third kappa shape index (κ3) is 3.21. The van der Waals surface area contributed by atoms with Crippen LogP contribution >= 0.6 is 0 Å². The highest BCUT2D eigenvalue weighted by Crippen LogP contribution is 2.22. The van der Waals surface area contributed by atoms with Gasteiger partial charge in [0.15, 0.2) is 0 Å². The highest BCUT2D eigenvalue weighted by atomic mass is 16.5. The first-order chi connectivity index (χ1) is 10.8.